The quantitative estimate of drug-likeness (QED) is 0.109. The van der Waals surface area contributed by atoms with Crippen molar-refractivity contribution in [2.75, 3.05) is 0 Å². The van der Waals surface area contributed by atoms with E-state index in [-0.39, 0.29) is 5.41 Å². The van der Waals surface area contributed by atoms with E-state index in [1.54, 1.807) is 0 Å². The van der Waals surface area contributed by atoms with Gasteiger partial charge >= 0.3 is 0 Å². The molecule has 236 valence electrons. The van der Waals surface area contributed by atoms with E-state index in [4.69, 9.17) is 10.7 Å². The maximum absolute atomic E-state index is 6.89. The molecule has 3 N–H and O–H groups in total. The summed E-state index contributed by atoms with van der Waals surface area (Å²) in [5.74, 6) is 0.808. The van der Waals surface area contributed by atoms with Crippen molar-refractivity contribution in [3.63, 3.8) is 0 Å². The standard InChI is InChI=1S/C46H37N3/c47-44(34-16-5-2-6-17-34)49-45(48-30-31-26-28-33(29-27-31)32-14-3-1-4-15-32)38-21-13-25-42-43(38)37-20-9-12-24-41(37)46(42)39-22-10-7-18-35(39)36-19-8-11-23-40(36)46/h1-11,13-23,25-29,44H,12,24,30,47H2,(H,48,49). The lowest BCUT2D eigenvalue weighted by atomic mass is 9.68. The van der Waals surface area contributed by atoms with Crippen LogP contribution in [0.2, 0.25) is 0 Å². The molecular weight excluding hydrogens is 595 g/mol. The summed E-state index contributed by atoms with van der Waals surface area (Å²) in [6.45, 7) is 0.529. The van der Waals surface area contributed by atoms with Crippen molar-refractivity contribution >= 4 is 11.4 Å². The Bertz CT molecular complexity index is 2230. The van der Waals surface area contributed by atoms with Crippen molar-refractivity contribution in [1.82, 2.24) is 5.32 Å². The molecular formula is C46H37N3. The van der Waals surface area contributed by atoms with Gasteiger partial charge in [0, 0.05) is 5.56 Å². The highest BCUT2D eigenvalue weighted by Crippen LogP contribution is 2.63. The lowest BCUT2D eigenvalue weighted by Gasteiger charge is -2.33. The normalized spacial score (nSPS) is 15.8. The van der Waals surface area contributed by atoms with Crippen molar-refractivity contribution in [2.24, 2.45) is 10.7 Å². The number of amidine groups is 1. The van der Waals surface area contributed by atoms with Crippen LogP contribution < -0.4 is 11.1 Å². The second-order valence-electron chi connectivity index (χ2n) is 13.2. The molecule has 3 aliphatic rings. The van der Waals surface area contributed by atoms with Gasteiger partial charge in [-0.05, 0) is 79.6 Å². The zero-order valence-electron chi connectivity index (χ0n) is 27.3. The number of allylic oxidation sites excluding steroid dienone is 4. The summed E-state index contributed by atoms with van der Waals surface area (Å²) in [6.07, 6.45) is 6.32. The maximum atomic E-state index is 6.89. The molecule has 6 aromatic carbocycles. The highest BCUT2D eigenvalue weighted by molar-refractivity contribution is 6.08. The Morgan fingerprint density at radius 3 is 1.98 bits per heavy atom. The van der Waals surface area contributed by atoms with Gasteiger partial charge in [0.05, 0.1) is 12.0 Å². The Balaban J connectivity index is 1.20. The molecule has 1 spiro atoms. The molecule has 49 heavy (non-hydrogen) atoms. The number of aliphatic imine (C=N–C) groups is 1. The summed E-state index contributed by atoms with van der Waals surface area (Å²) < 4.78 is 0. The van der Waals surface area contributed by atoms with E-state index in [1.807, 2.05) is 18.2 Å². The van der Waals surface area contributed by atoms with Crippen LogP contribution in [-0.4, -0.2) is 5.84 Å². The number of fused-ring (bicyclic) bond motifs is 9. The predicted molar refractivity (Wildman–Crippen MR) is 202 cm³/mol. The first-order valence-electron chi connectivity index (χ1n) is 17.2. The van der Waals surface area contributed by atoms with Crippen molar-refractivity contribution in [2.45, 2.75) is 31.0 Å². The molecule has 9 rings (SSSR count). The Labute approximate surface area is 288 Å². The minimum Gasteiger partial charge on any atom is -0.351 e. The van der Waals surface area contributed by atoms with Crippen molar-refractivity contribution in [3.8, 4) is 22.3 Å². The average molecular weight is 632 g/mol. The van der Waals surface area contributed by atoms with Crippen LogP contribution in [0.3, 0.4) is 0 Å². The van der Waals surface area contributed by atoms with E-state index in [0.717, 1.165) is 35.4 Å². The third-order valence-electron chi connectivity index (χ3n) is 10.5. The Morgan fingerprint density at radius 2 is 1.27 bits per heavy atom. The molecule has 0 saturated heterocycles. The maximum Gasteiger partial charge on any atom is 0.130 e. The van der Waals surface area contributed by atoms with E-state index in [9.17, 15) is 0 Å². The summed E-state index contributed by atoms with van der Waals surface area (Å²) in [5, 5.41) is 3.68. The van der Waals surface area contributed by atoms with Crippen LogP contribution >= 0.6 is 0 Å². The Kier molecular flexibility index (Phi) is 7.22. The van der Waals surface area contributed by atoms with Crippen LogP contribution in [0.5, 0.6) is 0 Å². The summed E-state index contributed by atoms with van der Waals surface area (Å²) in [4.78, 5) is 5.33. The van der Waals surface area contributed by atoms with Crippen LogP contribution in [0, 0.1) is 0 Å². The van der Waals surface area contributed by atoms with E-state index >= 15 is 0 Å². The molecule has 0 aliphatic heterocycles. The zero-order chi connectivity index (χ0) is 32.8. The summed E-state index contributed by atoms with van der Waals surface area (Å²) >= 11 is 0. The second kappa shape index (κ2) is 12.0. The predicted octanol–water partition coefficient (Wildman–Crippen LogP) is 9.98. The molecule has 0 heterocycles. The number of hydrogen-bond donors (Lipinski definition) is 2. The fourth-order valence-corrected chi connectivity index (χ4v) is 8.36. The molecule has 3 aliphatic carbocycles. The molecule has 0 amide bonds. The van der Waals surface area contributed by atoms with Crippen LogP contribution in [0.15, 0.2) is 174 Å². The monoisotopic (exact) mass is 631 g/mol. The smallest absolute Gasteiger partial charge is 0.130 e. The van der Waals surface area contributed by atoms with E-state index in [1.165, 1.54) is 55.7 Å². The second-order valence-corrected chi connectivity index (χ2v) is 13.2. The highest BCUT2D eigenvalue weighted by atomic mass is 15.1. The van der Waals surface area contributed by atoms with E-state index in [0.29, 0.717) is 6.54 Å². The van der Waals surface area contributed by atoms with Crippen LogP contribution in [0.4, 0.5) is 0 Å². The topological polar surface area (TPSA) is 50.4 Å². The van der Waals surface area contributed by atoms with Gasteiger partial charge in [-0.25, -0.2) is 0 Å². The Hall–Kier alpha value is -5.77. The first kappa shape index (κ1) is 29.4. The van der Waals surface area contributed by atoms with Gasteiger partial charge in [0.15, 0.2) is 0 Å². The molecule has 1 unspecified atom stereocenters. The van der Waals surface area contributed by atoms with Crippen molar-refractivity contribution in [1.29, 1.82) is 0 Å². The highest BCUT2D eigenvalue weighted by Gasteiger charge is 2.53. The molecule has 3 nitrogen and oxygen atoms in total. The number of nitrogens with one attached hydrogen (secondary N) is 1. The third kappa shape index (κ3) is 4.73. The molecule has 0 fully saturated rings. The number of rotatable bonds is 6. The van der Waals surface area contributed by atoms with Crippen molar-refractivity contribution in [3.05, 3.63) is 208 Å². The summed E-state index contributed by atoms with van der Waals surface area (Å²) in [6, 6.07) is 54.2. The van der Waals surface area contributed by atoms with E-state index in [2.05, 4.69) is 151 Å². The van der Waals surface area contributed by atoms with E-state index < -0.39 is 6.17 Å². The van der Waals surface area contributed by atoms with Crippen LogP contribution in [0.1, 0.15) is 58.0 Å². The lowest BCUT2D eigenvalue weighted by Crippen LogP contribution is -2.35. The first-order chi connectivity index (χ1) is 24.2. The third-order valence-corrected chi connectivity index (χ3v) is 10.5. The molecule has 6 aromatic rings. The summed E-state index contributed by atoms with van der Waals surface area (Å²) in [5.41, 5.74) is 23.0. The fraction of sp³-hybridized carbons (Fsp3) is 0.109. The fourth-order valence-electron chi connectivity index (χ4n) is 8.36. The lowest BCUT2D eigenvalue weighted by molar-refractivity contribution is 0.678. The number of hydrogen-bond acceptors (Lipinski definition) is 2. The van der Waals surface area contributed by atoms with Crippen LogP contribution in [-0.2, 0) is 12.0 Å². The van der Waals surface area contributed by atoms with Gasteiger partial charge in [0.1, 0.15) is 12.0 Å². The van der Waals surface area contributed by atoms with Gasteiger partial charge in [-0.3, -0.25) is 4.99 Å². The average Bonchev–Trinajstić information content (AvgIpc) is 3.65. The first-order valence-corrected chi connectivity index (χ1v) is 17.2. The molecule has 3 heteroatoms. The molecule has 0 saturated carbocycles. The number of benzene rings is 6. The number of nitrogens with two attached hydrogens (primary N) is 1. The van der Waals surface area contributed by atoms with Gasteiger partial charge < -0.3 is 11.1 Å². The van der Waals surface area contributed by atoms with Gasteiger partial charge in [-0.2, -0.15) is 0 Å². The van der Waals surface area contributed by atoms with Gasteiger partial charge in [0.25, 0.3) is 0 Å². The van der Waals surface area contributed by atoms with Gasteiger partial charge in [-0.1, -0.05) is 164 Å². The SMILES string of the molecule is NC(NC(=NCc1ccc(-c2ccccc2)cc1)c1cccc2c1C1=C(CCC=C1)C21c2ccccc2-c2ccccc21)c1ccccc1. The number of nitrogens with zero attached hydrogens (tertiary/aromatic N) is 1. The largest absolute Gasteiger partial charge is 0.351 e. The van der Waals surface area contributed by atoms with Gasteiger partial charge in [0.2, 0.25) is 0 Å². The minimum absolute atomic E-state index is 0.335. The summed E-state index contributed by atoms with van der Waals surface area (Å²) in [7, 11) is 0. The van der Waals surface area contributed by atoms with Gasteiger partial charge in [-0.15, -0.1) is 0 Å². The van der Waals surface area contributed by atoms with Crippen LogP contribution in [0.25, 0.3) is 27.8 Å². The zero-order valence-corrected chi connectivity index (χ0v) is 27.3. The molecule has 1 atom stereocenters. The molecule has 0 aromatic heterocycles. The van der Waals surface area contributed by atoms with Crippen molar-refractivity contribution < 1.29 is 0 Å². The molecule has 0 bridgehead atoms. The Morgan fingerprint density at radius 1 is 0.653 bits per heavy atom. The molecule has 0 radical (unpaired) electrons. The minimum atomic E-state index is -0.421.